The Hall–Kier alpha value is -4.76. The minimum Gasteiger partial charge on any atom is -0.424 e. The number of ether oxygens (including phenoxy) is 1. The second-order valence-electron chi connectivity index (χ2n) is 10.1. The highest BCUT2D eigenvalue weighted by molar-refractivity contribution is 6.04. The lowest BCUT2D eigenvalue weighted by Gasteiger charge is -2.24. The van der Waals surface area contributed by atoms with Crippen molar-refractivity contribution < 1.29 is 9.53 Å². The molecule has 0 saturated carbocycles. The van der Waals surface area contributed by atoms with E-state index in [1.165, 1.54) is 0 Å². The summed E-state index contributed by atoms with van der Waals surface area (Å²) >= 11 is 0. The number of rotatable bonds is 7. The number of aryl methyl sites for hydroxylation is 1. The molecule has 202 valence electrons. The van der Waals surface area contributed by atoms with Crippen molar-refractivity contribution in [3.8, 4) is 11.8 Å². The summed E-state index contributed by atoms with van der Waals surface area (Å²) in [6.07, 6.45) is 5.06. The van der Waals surface area contributed by atoms with Crippen molar-refractivity contribution in [3.05, 3.63) is 95.4 Å². The standard InChI is InChI=1S/C31H31N7O2/c1-19-25-8-7-21(29(32)33)17-27(25)38(28(19)30(39)37-23-9-13-34-14-10-23)18-22-16-24(40-31-35-11-4-12-36-31)15-20-5-2-3-6-26(20)22/h2-8,11-12,15-17,23,34H,9-10,13-14,18H2,1H3,(H3,32,33)(H,37,39). The fraction of sp³-hybridized carbons (Fsp3) is 0.226. The number of nitrogens with one attached hydrogen (secondary N) is 3. The number of hydrogen-bond acceptors (Lipinski definition) is 6. The van der Waals surface area contributed by atoms with E-state index in [2.05, 4.69) is 26.7 Å². The van der Waals surface area contributed by atoms with Crippen molar-refractivity contribution in [2.75, 3.05) is 13.1 Å². The van der Waals surface area contributed by atoms with E-state index in [1.807, 2.05) is 60.0 Å². The summed E-state index contributed by atoms with van der Waals surface area (Å²) in [5.41, 5.74) is 9.80. The number of amidine groups is 1. The number of nitrogens with zero attached hydrogens (tertiary/aromatic N) is 3. The zero-order valence-electron chi connectivity index (χ0n) is 22.3. The van der Waals surface area contributed by atoms with E-state index < -0.39 is 0 Å². The molecule has 1 fully saturated rings. The summed E-state index contributed by atoms with van der Waals surface area (Å²) in [5.74, 6) is 0.495. The zero-order valence-corrected chi connectivity index (χ0v) is 22.3. The lowest BCUT2D eigenvalue weighted by molar-refractivity contribution is 0.0920. The molecule has 0 aliphatic carbocycles. The number of nitrogen functional groups attached to an aromatic ring is 1. The van der Waals surface area contributed by atoms with Gasteiger partial charge < -0.3 is 25.7 Å². The molecule has 1 amide bonds. The lowest BCUT2D eigenvalue weighted by atomic mass is 10.0. The zero-order chi connectivity index (χ0) is 27.6. The summed E-state index contributed by atoms with van der Waals surface area (Å²) in [5, 5.41) is 17.6. The van der Waals surface area contributed by atoms with Gasteiger partial charge in [-0.2, -0.15) is 0 Å². The van der Waals surface area contributed by atoms with Gasteiger partial charge in [-0.05, 0) is 79.0 Å². The van der Waals surface area contributed by atoms with Crippen LogP contribution in [0.15, 0.2) is 73.1 Å². The average Bonchev–Trinajstić information content (AvgIpc) is 3.24. The first kappa shape index (κ1) is 25.5. The number of nitrogens with two attached hydrogens (primary N) is 1. The molecule has 3 heterocycles. The molecule has 1 saturated heterocycles. The van der Waals surface area contributed by atoms with Gasteiger partial charge in [-0.3, -0.25) is 10.2 Å². The van der Waals surface area contributed by atoms with Gasteiger partial charge in [0.1, 0.15) is 17.3 Å². The molecule has 40 heavy (non-hydrogen) atoms. The summed E-state index contributed by atoms with van der Waals surface area (Å²) in [6, 6.07) is 19.8. The molecule has 9 heteroatoms. The number of hydrogen-bond donors (Lipinski definition) is 4. The van der Waals surface area contributed by atoms with E-state index in [9.17, 15) is 4.79 Å². The normalized spacial score (nSPS) is 13.9. The summed E-state index contributed by atoms with van der Waals surface area (Å²) in [4.78, 5) is 22.3. The van der Waals surface area contributed by atoms with Crippen LogP contribution in [0.2, 0.25) is 0 Å². The predicted octanol–water partition coefficient (Wildman–Crippen LogP) is 4.50. The molecule has 5 aromatic rings. The third-order valence-corrected chi connectivity index (χ3v) is 7.52. The Kier molecular flexibility index (Phi) is 6.88. The quantitative estimate of drug-likeness (QED) is 0.180. The minimum atomic E-state index is -0.0978. The molecule has 0 spiro atoms. The van der Waals surface area contributed by atoms with Crippen molar-refractivity contribution in [1.82, 2.24) is 25.2 Å². The SMILES string of the molecule is Cc1c(C(=O)NC2CCNCC2)n(Cc2cc(Oc3ncccn3)cc3ccccc23)c2cc(C(=N)N)ccc12. The Bertz CT molecular complexity index is 1720. The number of fused-ring (bicyclic) bond motifs is 2. The summed E-state index contributed by atoms with van der Waals surface area (Å²) in [7, 11) is 0. The van der Waals surface area contributed by atoms with E-state index in [0.717, 1.165) is 58.7 Å². The average molecular weight is 534 g/mol. The van der Waals surface area contributed by atoms with Gasteiger partial charge >= 0.3 is 6.01 Å². The Morgan fingerprint density at radius 2 is 1.85 bits per heavy atom. The largest absolute Gasteiger partial charge is 0.424 e. The van der Waals surface area contributed by atoms with Gasteiger partial charge in [-0.15, -0.1) is 0 Å². The third-order valence-electron chi connectivity index (χ3n) is 7.52. The molecule has 0 bridgehead atoms. The van der Waals surface area contributed by atoms with Gasteiger partial charge in [0.25, 0.3) is 5.91 Å². The van der Waals surface area contributed by atoms with E-state index in [0.29, 0.717) is 23.6 Å². The van der Waals surface area contributed by atoms with Crippen LogP contribution in [0.1, 0.15) is 40.0 Å². The molecule has 1 aliphatic rings. The highest BCUT2D eigenvalue weighted by Gasteiger charge is 2.24. The fourth-order valence-corrected chi connectivity index (χ4v) is 5.53. The molecule has 1 aliphatic heterocycles. The Labute approximate surface area is 231 Å². The van der Waals surface area contributed by atoms with E-state index in [-0.39, 0.29) is 23.8 Å². The van der Waals surface area contributed by atoms with Gasteiger partial charge in [0.2, 0.25) is 0 Å². The smallest absolute Gasteiger partial charge is 0.321 e. The van der Waals surface area contributed by atoms with Crippen molar-refractivity contribution in [3.63, 3.8) is 0 Å². The highest BCUT2D eigenvalue weighted by atomic mass is 16.5. The Morgan fingerprint density at radius 3 is 2.62 bits per heavy atom. The molecule has 0 unspecified atom stereocenters. The Balaban J connectivity index is 1.48. The van der Waals surface area contributed by atoms with E-state index in [4.69, 9.17) is 15.9 Å². The summed E-state index contributed by atoms with van der Waals surface area (Å²) < 4.78 is 8.06. The van der Waals surface area contributed by atoms with Crippen LogP contribution in [0.25, 0.3) is 21.7 Å². The monoisotopic (exact) mass is 533 g/mol. The maximum Gasteiger partial charge on any atom is 0.321 e. The molecule has 0 radical (unpaired) electrons. The molecule has 5 N–H and O–H groups in total. The Morgan fingerprint density at radius 1 is 1.07 bits per heavy atom. The van der Waals surface area contributed by atoms with Crippen LogP contribution in [-0.4, -0.2) is 45.4 Å². The van der Waals surface area contributed by atoms with Crippen LogP contribution in [0.5, 0.6) is 11.8 Å². The van der Waals surface area contributed by atoms with Crippen LogP contribution in [0.4, 0.5) is 0 Å². The molecule has 3 aromatic carbocycles. The van der Waals surface area contributed by atoms with Crippen molar-refractivity contribution in [2.45, 2.75) is 32.4 Å². The molecule has 0 atom stereocenters. The third kappa shape index (κ3) is 4.99. The second-order valence-corrected chi connectivity index (χ2v) is 10.1. The maximum absolute atomic E-state index is 13.8. The van der Waals surface area contributed by atoms with E-state index in [1.54, 1.807) is 18.5 Å². The van der Waals surface area contributed by atoms with Gasteiger partial charge in [0, 0.05) is 41.4 Å². The fourth-order valence-electron chi connectivity index (χ4n) is 5.53. The maximum atomic E-state index is 13.8. The molecule has 9 nitrogen and oxygen atoms in total. The van der Waals surface area contributed by atoms with Crippen LogP contribution in [0.3, 0.4) is 0 Å². The van der Waals surface area contributed by atoms with E-state index >= 15 is 0 Å². The van der Waals surface area contributed by atoms with Crippen molar-refractivity contribution in [1.29, 1.82) is 5.41 Å². The van der Waals surface area contributed by atoms with Crippen LogP contribution < -0.4 is 21.1 Å². The lowest BCUT2D eigenvalue weighted by Crippen LogP contribution is -2.43. The van der Waals surface area contributed by atoms with Crippen molar-refractivity contribution >= 4 is 33.4 Å². The van der Waals surface area contributed by atoms with Gasteiger partial charge in [0.15, 0.2) is 0 Å². The van der Waals surface area contributed by atoms with Crippen molar-refractivity contribution in [2.24, 2.45) is 5.73 Å². The number of amides is 1. The highest BCUT2D eigenvalue weighted by Crippen LogP contribution is 2.32. The van der Waals surface area contributed by atoms with Crippen LogP contribution >= 0.6 is 0 Å². The van der Waals surface area contributed by atoms with Crippen LogP contribution in [0, 0.1) is 12.3 Å². The minimum absolute atomic E-state index is 0.0169. The number of piperidine rings is 1. The second kappa shape index (κ2) is 10.8. The molecular weight excluding hydrogens is 502 g/mol. The predicted molar refractivity (Wildman–Crippen MR) is 156 cm³/mol. The first-order valence-corrected chi connectivity index (χ1v) is 13.4. The van der Waals surface area contributed by atoms with Gasteiger partial charge in [-0.25, -0.2) is 9.97 Å². The number of benzene rings is 3. The van der Waals surface area contributed by atoms with Gasteiger partial charge in [-0.1, -0.05) is 36.4 Å². The van der Waals surface area contributed by atoms with Gasteiger partial charge in [0.05, 0.1) is 0 Å². The number of carbonyl (C=O) groups is 1. The first-order chi connectivity index (χ1) is 19.5. The molecule has 6 rings (SSSR count). The van der Waals surface area contributed by atoms with Crippen LogP contribution in [-0.2, 0) is 6.54 Å². The number of carbonyl (C=O) groups excluding carboxylic acids is 1. The topological polar surface area (TPSA) is 131 Å². The first-order valence-electron chi connectivity index (χ1n) is 13.4. The molecule has 2 aromatic heterocycles. The molecular formula is C31H31N7O2. The summed E-state index contributed by atoms with van der Waals surface area (Å²) in [6.45, 7) is 4.17. The number of aromatic nitrogens is 3.